The van der Waals surface area contributed by atoms with Crippen LogP contribution < -0.4 is 0 Å². The molecule has 6 nitrogen and oxygen atoms in total. The molecule has 3 fully saturated rings. The molecule has 3 rings (SSSR count). The van der Waals surface area contributed by atoms with Gasteiger partial charge in [-0.1, -0.05) is 27.7 Å². The summed E-state index contributed by atoms with van der Waals surface area (Å²) in [6.45, 7) is 18.4. The van der Waals surface area contributed by atoms with Crippen molar-refractivity contribution in [2.75, 3.05) is 20.7 Å². The first-order valence-corrected chi connectivity index (χ1v) is 13.9. The van der Waals surface area contributed by atoms with Gasteiger partial charge in [0.2, 0.25) is 0 Å². The Morgan fingerprint density at radius 2 is 1.79 bits per heavy atom. The highest BCUT2D eigenvalue weighted by Crippen LogP contribution is 2.53. The Labute approximate surface area is 178 Å². The van der Waals surface area contributed by atoms with E-state index in [0.717, 1.165) is 12.8 Å². The maximum absolute atomic E-state index is 6.71. The van der Waals surface area contributed by atoms with Crippen LogP contribution in [-0.4, -0.2) is 64.5 Å². The van der Waals surface area contributed by atoms with Crippen molar-refractivity contribution in [3.8, 4) is 0 Å². The Kier molecular flexibility index (Phi) is 6.07. The van der Waals surface area contributed by atoms with Crippen LogP contribution in [0.4, 0.5) is 0 Å². The lowest BCUT2D eigenvalue weighted by molar-refractivity contribution is -0.224. The van der Waals surface area contributed by atoms with Crippen molar-refractivity contribution in [3.05, 3.63) is 0 Å². The van der Waals surface area contributed by atoms with Gasteiger partial charge in [-0.05, 0) is 44.8 Å². The number of fused-ring (bicyclic) bond motifs is 3. The van der Waals surface area contributed by atoms with Crippen molar-refractivity contribution in [2.24, 2.45) is 22.4 Å². The SMILES string of the molecule is CN(C)/N=C/[C@]1(C)CC[C@H]2[C@H]3OC(C)(C)O[C@H]3O[C@@H]2[C@@H]1CO[Si](C)(C)C(C)(C)C. The van der Waals surface area contributed by atoms with Crippen LogP contribution in [0.5, 0.6) is 0 Å². The maximum Gasteiger partial charge on any atom is 0.191 e. The zero-order valence-corrected chi connectivity index (χ0v) is 21.1. The van der Waals surface area contributed by atoms with Crippen LogP contribution in [-0.2, 0) is 18.6 Å². The van der Waals surface area contributed by atoms with Crippen molar-refractivity contribution < 1.29 is 18.6 Å². The summed E-state index contributed by atoms with van der Waals surface area (Å²) in [7, 11) is 2.07. The number of rotatable bonds is 5. The van der Waals surface area contributed by atoms with Gasteiger partial charge in [-0.2, -0.15) is 5.10 Å². The molecule has 7 heteroatoms. The Morgan fingerprint density at radius 1 is 1.14 bits per heavy atom. The molecular weight excluding hydrogens is 384 g/mol. The smallest absolute Gasteiger partial charge is 0.191 e. The highest BCUT2D eigenvalue weighted by Gasteiger charge is 2.60. The number of nitrogens with zero attached hydrogens (tertiary/aromatic N) is 2. The van der Waals surface area contributed by atoms with Crippen molar-refractivity contribution in [2.45, 2.75) is 96.8 Å². The fourth-order valence-electron chi connectivity index (χ4n) is 4.56. The average Bonchev–Trinajstić information content (AvgIpc) is 3.02. The standard InChI is InChI=1S/C22H42N2O4Si/c1-20(2,3)29(9,10)25-13-16-17-15(11-12-22(16,6)14-23-24(7)8)18-19(26-17)28-21(4,5)27-18/h14-19H,11-13H2,1-10H3/b23-14+/t15-,16+,17+,18-,19-,22+/m1/s1. The van der Waals surface area contributed by atoms with Gasteiger partial charge in [0.15, 0.2) is 20.4 Å². The predicted molar refractivity (Wildman–Crippen MR) is 118 cm³/mol. The van der Waals surface area contributed by atoms with E-state index in [-0.39, 0.29) is 34.9 Å². The lowest BCUT2D eigenvalue weighted by Gasteiger charge is -2.47. The molecule has 2 aliphatic heterocycles. The molecule has 0 spiro atoms. The molecule has 1 saturated carbocycles. The predicted octanol–water partition coefficient (Wildman–Crippen LogP) is 4.46. The van der Waals surface area contributed by atoms with Crippen molar-refractivity contribution in [3.63, 3.8) is 0 Å². The molecule has 168 valence electrons. The summed E-state index contributed by atoms with van der Waals surface area (Å²) in [5.41, 5.74) is -0.0814. The topological polar surface area (TPSA) is 52.5 Å². The summed E-state index contributed by atoms with van der Waals surface area (Å²) < 4.78 is 25.5. The molecule has 0 bridgehead atoms. The molecule has 6 atom stereocenters. The highest BCUT2D eigenvalue weighted by atomic mass is 28.4. The summed E-state index contributed by atoms with van der Waals surface area (Å²) in [5.74, 6) is -0.00350. The second kappa shape index (κ2) is 7.59. The minimum atomic E-state index is -1.86. The number of hydrogen-bond acceptors (Lipinski definition) is 6. The van der Waals surface area contributed by atoms with E-state index in [1.54, 1.807) is 0 Å². The largest absolute Gasteiger partial charge is 0.416 e. The van der Waals surface area contributed by atoms with E-state index in [2.05, 4.69) is 52.1 Å². The number of hydrogen-bond donors (Lipinski definition) is 0. The fourth-order valence-corrected chi connectivity index (χ4v) is 5.59. The molecule has 0 aromatic carbocycles. The van der Waals surface area contributed by atoms with E-state index in [1.165, 1.54) is 0 Å². The quantitative estimate of drug-likeness (QED) is 0.369. The van der Waals surface area contributed by atoms with E-state index in [9.17, 15) is 0 Å². The monoisotopic (exact) mass is 426 g/mol. The normalized spacial score (nSPS) is 39.6. The third kappa shape index (κ3) is 4.59. The highest BCUT2D eigenvalue weighted by molar-refractivity contribution is 6.74. The summed E-state index contributed by atoms with van der Waals surface area (Å²) in [6.07, 6.45) is 4.03. The lowest BCUT2D eigenvalue weighted by Crippen LogP contribution is -2.52. The summed E-state index contributed by atoms with van der Waals surface area (Å²) in [6, 6.07) is 0. The van der Waals surface area contributed by atoms with Gasteiger partial charge in [-0.15, -0.1) is 0 Å². The Morgan fingerprint density at radius 3 is 2.38 bits per heavy atom. The first-order valence-electron chi connectivity index (χ1n) is 11.0. The molecule has 0 N–H and O–H groups in total. The summed E-state index contributed by atoms with van der Waals surface area (Å²) in [5, 5.41) is 6.66. The molecule has 0 aromatic heterocycles. The van der Waals surface area contributed by atoms with Crippen LogP contribution in [0.1, 0.15) is 54.4 Å². The minimum Gasteiger partial charge on any atom is -0.416 e. The van der Waals surface area contributed by atoms with Crippen LogP contribution in [0.2, 0.25) is 18.1 Å². The molecule has 1 aliphatic carbocycles. The van der Waals surface area contributed by atoms with E-state index in [4.69, 9.17) is 18.6 Å². The molecule has 2 saturated heterocycles. The first kappa shape index (κ1) is 23.2. The maximum atomic E-state index is 6.71. The second-order valence-electron chi connectivity index (χ2n) is 11.5. The van der Waals surface area contributed by atoms with Gasteiger partial charge in [0, 0.05) is 44.2 Å². The third-order valence-electron chi connectivity index (χ3n) is 7.50. The molecule has 3 aliphatic rings. The van der Waals surface area contributed by atoms with Crippen molar-refractivity contribution in [1.82, 2.24) is 5.01 Å². The van der Waals surface area contributed by atoms with Gasteiger partial charge < -0.3 is 23.6 Å². The zero-order chi connectivity index (χ0) is 21.8. The van der Waals surface area contributed by atoms with E-state index in [1.807, 2.05) is 33.0 Å². The lowest BCUT2D eigenvalue weighted by atomic mass is 9.63. The molecule has 29 heavy (non-hydrogen) atoms. The average molecular weight is 427 g/mol. The second-order valence-corrected chi connectivity index (χ2v) is 16.4. The third-order valence-corrected chi connectivity index (χ3v) is 12.0. The van der Waals surface area contributed by atoms with E-state index >= 15 is 0 Å². The number of ether oxygens (including phenoxy) is 3. The molecule has 0 amide bonds. The van der Waals surface area contributed by atoms with Crippen molar-refractivity contribution in [1.29, 1.82) is 0 Å². The zero-order valence-electron chi connectivity index (χ0n) is 20.1. The van der Waals surface area contributed by atoms with Crippen LogP contribution in [0, 0.1) is 17.3 Å². The van der Waals surface area contributed by atoms with E-state index < -0.39 is 14.1 Å². The van der Waals surface area contributed by atoms with Gasteiger partial charge in [0.1, 0.15) is 6.10 Å². The Bertz CT molecular complexity index is 631. The Hall–Kier alpha value is -0.473. The number of hydrazone groups is 1. The first-order chi connectivity index (χ1) is 13.2. The van der Waals surface area contributed by atoms with Gasteiger partial charge in [0.05, 0.1) is 6.10 Å². The van der Waals surface area contributed by atoms with E-state index in [0.29, 0.717) is 12.5 Å². The van der Waals surface area contributed by atoms with Gasteiger partial charge in [-0.25, -0.2) is 0 Å². The van der Waals surface area contributed by atoms with Gasteiger partial charge in [-0.3, -0.25) is 0 Å². The van der Waals surface area contributed by atoms with Crippen LogP contribution >= 0.6 is 0 Å². The van der Waals surface area contributed by atoms with Gasteiger partial charge >= 0.3 is 0 Å². The molecule has 2 heterocycles. The fraction of sp³-hybridized carbons (Fsp3) is 0.955. The molecule has 0 radical (unpaired) electrons. The van der Waals surface area contributed by atoms with Gasteiger partial charge in [0.25, 0.3) is 0 Å². The summed E-state index contributed by atoms with van der Waals surface area (Å²) >= 11 is 0. The molecule has 0 aromatic rings. The summed E-state index contributed by atoms with van der Waals surface area (Å²) in [4.78, 5) is 0. The molecular formula is C22H42N2O4Si. The van der Waals surface area contributed by atoms with Crippen LogP contribution in [0.25, 0.3) is 0 Å². The Balaban J connectivity index is 1.84. The molecule has 0 unspecified atom stereocenters. The van der Waals surface area contributed by atoms with Crippen molar-refractivity contribution >= 4 is 14.5 Å². The minimum absolute atomic E-state index is 0.0145. The van der Waals surface area contributed by atoms with Crippen LogP contribution in [0.15, 0.2) is 5.10 Å². The van der Waals surface area contributed by atoms with Crippen LogP contribution in [0.3, 0.4) is 0 Å².